The van der Waals surface area contributed by atoms with Crippen LogP contribution in [0.2, 0.25) is 0 Å². The molecular formula is C10H9N5O3. The van der Waals surface area contributed by atoms with Gasteiger partial charge in [0.05, 0.1) is 11.4 Å². The first kappa shape index (κ1) is 10.5. The number of hydrogen-bond acceptors (Lipinski definition) is 5. The SMILES string of the molecule is Cc1cn2cc(-c3nonc3C(=O)O)n(C)c2n1. The standard InChI is InChI=1S/C10H9N5O3/c1-5-3-15-4-6(14(2)10(15)11-5)7-8(9(16)17)13-18-12-7/h3-4H,1-2H3,(H,16,17). The van der Waals surface area contributed by atoms with Crippen LogP contribution >= 0.6 is 0 Å². The van der Waals surface area contributed by atoms with Gasteiger partial charge in [0.1, 0.15) is 0 Å². The van der Waals surface area contributed by atoms with E-state index in [1.165, 1.54) is 0 Å². The highest BCUT2D eigenvalue weighted by Gasteiger charge is 2.22. The Balaban J connectivity index is 2.25. The first-order chi connectivity index (χ1) is 8.58. The summed E-state index contributed by atoms with van der Waals surface area (Å²) in [5.74, 6) is -0.483. The van der Waals surface area contributed by atoms with Crippen LogP contribution in [0.4, 0.5) is 0 Å². The lowest BCUT2D eigenvalue weighted by atomic mass is 10.2. The maximum absolute atomic E-state index is 11.0. The zero-order valence-electron chi connectivity index (χ0n) is 9.65. The van der Waals surface area contributed by atoms with Crippen molar-refractivity contribution in [2.75, 3.05) is 0 Å². The van der Waals surface area contributed by atoms with E-state index in [2.05, 4.69) is 19.9 Å². The van der Waals surface area contributed by atoms with Gasteiger partial charge in [0.15, 0.2) is 5.69 Å². The molecule has 3 aromatic heterocycles. The molecule has 0 fully saturated rings. The van der Waals surface area contributed by atoms with Gasteiger partial charge < -0.3 is 9.67 Å². The number of imidazole rings is 2. The third-order valence-electron chi connectivity index (χ3n) is 2.69. The molecule has 0 unspecified atom stereocenters. The van der Waals surface area contributed by atoms with Crippen molar-refractivity contribution in [2.24, 2.45) is 7.05 Å². The van der Waals surface area contributed by atoms with E-state index in [1.807, 2.05) is 13.1 Å². The fourth-order valence-electron chi connectivity index (χ4n) is 1.89. The summed E-state index contributed by atoms with van der Waals surface area (Å²) in [5, 5.41) is 16.0. The summed E-state index contributed by atoms with van der Waals surface area (Å²) in [4.78, 5) is 15.3. The Morgan fingerprint density at radius 3 is 2.83 bits per heavy atom. The van der Waals surface area contributed by atoms with E-state index in [9.17, 15) is 4.79 Å². The van der Waals surface area contributed by atoms with Gasteiger partial charge in [-0.3, -0.25) is 4.40 Å². The van der Waals surface area contributed by atoms with Crippen LogP contribution in [0.3, 0.4) is 0 Å². The lowest BCUT2D eigenvalue weighted by Gasteiger charge is -1.97. The number of fused-ring (bicyclic) bond motifs is 1. The number of aryl methyl sites for hydroxylation is 2. The van der Waals surface area contributed by atoms with Crippen molar-refractivity contribution in [2.45, 2.75) is 6.92 Å². The fourth-order valence-corrected chi connectivity index (χ4v) is 1.89. The van der Waals surface area contributed by atoms with Crippen LogP contribution in [0.15, 0.2) is 17.0 Å². The topological polar surface area (TPSA) is 98.5 Å². The van der Waals surface area contributed by atoms with Gasteiger partial charge in [-0.25, -0.2) is 14.4 Å². The molecule has 3 aromatic rings. The smallest absolute Gasteiger partial charge is 0.360 e. The van der Waals surface area contributed by atoms with Crippen molar-refractivity contribution in [1.29, 1.82) is 0 Å². The highest BCUT2D eigenvalue weighted by Crippen LogP contribution is 2.23. The lowest BCUT2D eigenvalue weighted by Crippen LogP contribution is -2.01. The fraction of sp³-hybridized carbons (Fsp3) is 0.200. The molecule has 0 amide bonds. The van der Waals surface area contributed by atoms with Crippen molar-refractivity contribution in [3.05, 3.63) is 23.8 Å². The maximum Gasteiger partial charge on any atom is 0.360 e. The van der Waals surface area contributed by atoms with Crippen LogP contribution in [0, 0.1) is 6.92 Å². The minimum absolute atomic E-state index is 0.188. The Hall–Kier alpha value is -2.64. The highest BCUT2D eigenvalue weighted by molar-refractivity contribution is 5.91. The number of aromatic nitrogens is 5. The normalized spacial score (nSPS) is 11.2. The van der Waals surface area contributed by atoms with E-state index >= 15 is 0 Å². The lowest BCUT2D eigenvalue weighted by molar-refractivity contribution is 0.0685. The molecule has 92 valence electrons. The third-order valence-corrected chi connectivity index (χ3v) is 2.69. The van der Waals surface area contributed by atoms with E-state index < -0.39 is 5.97 Å². The molecule has 18 heavy (non-hydrogen) atoms. The Kier molecular flexibility index (Phi) is 2.00. The average molecular weight is 247 g/mol. The van der Waals surface area contributed by atoms with Crippen LogP contribution in [0.1, 0.15) is 16.2 Å². The molecule has 0 aromatic carbocycles. The average Bonchev–Trinajstić information content (AvgIpc) is 2.95. The molecule has 3 heterocycles. The molecule has 0 aliphatic rings. The van der Waals surface area contributed by atoms with Gasteiger partial charge in [0.25, 0.3) is 0 Å². The van der Waals surface area contributed by atoms with Gasteiger partial charge in [0.2, 0.25) is 11.5 Å². The second kappa shape index (κ2) is 3.42. The zero-order chi connectivity index (χ0) is 12.9. The van der Waals surface area contributed by atoms with Gasteiger partial charge in [-0.15, -0.1) is 0 Å². The number of carbonyl (C=O) groups is 1. The number of nitrogens with zero attached hydrogens (tertiary/aromatic N) is 5. The number of carboxylic acids is 1. The zero-order valence-corrected chi connectivity index (χ0v) is 9.65. The Morgan fingerprint density at radius 2 is 2.17 bits per heavy atom. The Morgan fingerprint density at radius 1 is 1.39 bits per heavy atom. The van der Waals surface area contributed by atoms with Crippen LogP contribution in [-0.2, 0) is 7.05 Å². The van der Waals surface area contributed by atoms with Gasteiger partial charge in [-0.2, -0.15) is 0 Å². The van der Waals surface area contributed by atoms with E-state index in [4.69, 9.17) is 5.11 Å². The third kappa shape index (κ3) is 1.32. The van der Waals surface area contributed by atoms with Gasteiger partial charge in [-0.05, 0) is 17.2 Å². The highest BCUT2D eigenvalue weighted by atomic mass is 16.6. The molecule has 0 bridgehead atoms. The molecule has 0 aliphatic carbocycles. The van der Waals surface area contributed by atoms with Crippen molar-refractivity contribution in [1.82, 2.24) is 24.3 Å². The summed E-state index contributed by atoms with van der Waals surface area (Å²) in [5.41, 5.74) is 1.43. The molecule has 0 spiro atoms. The summed E-state index contributed by atoms with van der Waals surface area (Å²) in [7, 11) is 1.78. The van der Waals surface area contributed by atoms with Crippen molar-refractivity contribution >= 4 is 11.7 Å². The first-order valence-electron chi connectivity index (χ1n) is 5.15. The van der Waals surface area contributed by atoms with Crippen molar-refractivity contribution < 1.29 is 14.5 Å². The number of carboxylic acid groups (broad SMARTS) is 1. The molecule has 0 aliphatic heterocycles. The minimum atomic E-state index is -1.18. The second-order valence-electron chi connectivity index (χ2n) is 3.93. The molecule has 0 saturated carbocycles. The van der Waals surface area contributed by atoms with Crippen molar-refractivity contribution in [3.8, 4) is 11.4 Å². The molecule has 0 radical (unpaired) electrons. The molecular weight excluding hydrogens is 238 g/mol. The van der Waals surface area contributed by atoms with Crippen molar-refractivity contribution in [3.63, 3.8) is 0 Å². The second-order valence-corrected chi connectivity index (χ2v) is 3.93. The summed E-state index contributed by atoms with van der Waals surface area (Å²) in [6.45, 7) is 1.88. The Bertz CT molecular complexity index is 751. The van der Waals surface area contributed by atoms with Gasteiger partial charge in [-0.1, -0.05) is 0 Å². The number of rotatable bonds is 2. The molecule has 3 rings (SSSR count). The van der Waals surface area contributed by atoms with Crippen LogP contribution < -0.4 is 0 Å². The number of aromatic carboxylic acids is 1. The minimum Gasteiger partial charge on any atom is -0.476 e. The van der Waals surface area contributed by atoms with Crippen LogP contribution in [0.25, 0.3) is 17.2 Å². The molecule has 0 atom stereocenters. The van der Waals surface area contributed by atoms with Crippen LogP contribution in [-0.4, -0.2) is 35.3 Å². The molecule has 8 nitrogen and oxygen atoms in total. The molecule has 0 saturated heterocycles. The first-order valence-corrected chi connectivity index (χ1v) is 5.15. The predicted molar refractivity (Wildman–Crippen MR) is 59.2 cm³/mol. The van der Waals surface area contributed by atoms with Gasteiger partial charge in [0, 0.05) is 19.4 Å². The quantitative estimate of drug-likeness (QED) is 0.716. The number of hydrogen-bond donors (Lipinski definition) is 1. The summed E-state index contributed by atoms with van der Waals surface area (Å²) in [6, 6.07) is 0. The predicted octanol–water partition coefficient (Wildman–Crippen LogP) is 0.729. The monoisotopic (exact) mass is 247 g/mol. The van der Waals surface area contributed by atoms with E-state index in [1.54, 1.807) is 22.2 Å². The van der Waals surface area contributed by atoms with E-state index in [0.29, 0.717) is 11.5 Å². The summed E-state index contributed by atoms with van der Waals surface area (Å²) >= 11 is 0. The molecule has 1 N–H and O–H groups in total. The maximum atomic E-state index is 11.0. The van der Waals surface area contributed by atoms with E-state index in [0.717, 1.165) is 5.69 Å². The van der Waals surface area contributed by atoms with E-state index in [-0.39, 0.29) is 11.4 Å². The molecule has 8 heteroatoms. The van der Waals surface area contributed by atoms with Gasteiger partial charge >= 0.3 is 5.97 Å². The Labute approximate surface area is 100 Å². The largest absolute Gasteiger partial charge is 0.476 e. The summed E-state index contributed by atoms with van der Waals surface area (Å²) < 4.78 is 8.02. The summed E-state index contributed by atoms with van der Waals surface area (Å²) in [6.07, 6.45) is 3.58. The van der Waals surface area contributed by atoms with Crippen LogP contribution in [0.5, 0.6) is 0 Å².